The first-order valence-corrected chi connectivity index (χ1v) is 14.3. The molecule has 0 fully saturated rings. The number of aryl methyl sites for hydroxylation is 1. The number of imidazole rings is 1. The van der Waals surface area contributed by atoms with Crippen LogP contribution in [0.3, 0.4) is 0 Å². The van der Waals surface area contributed by atoms with Crippen molar-refractivity contribution in [1.29, 1.82) is 5.26 Å². The molecule has 2 aromatic heterocycles. The maximum atomic E-state index is 14.0. The van der Waals surface area contributed by atoms with E-state index >= 15 is 0 Å². The predicted octanol–water partition coefficient (Wildman–Crippen LogP) is 4.57. The van der Waals surface area contributed by atoms with Gasteiger partial charge in [0.2, 0.25) is 0 Å². The highest BCUT2D eigenvalue weighted by atomic mass is 32.2. The molecule has 0 saturated carbocycles. The van der Waals surface area contributed by atoms with Crippen LogP contribution in [0.1, 0.15) is 27.9 Å². The molecule has 1 aliphatic heterocycles. The number of pyridine rings is 1. The quantitative estimate of drug-likeness (QED) is 0.303. The Hall–Kier alpha value is -4.21. The zero-order chi connectivity index (χ0) is 29.2. The van der Waals surface area contributed by atoms with Crippen molar-refractivity contribution in [2.24, 2.45) is 7.05 Å². The second-order valence-corrected chi connectivity index (χ2v) is 11.7. The van der Waals surface area contributed by atoms with Gasteiger partial charge in [0.1, 0.15) is 0 Å². The van der Waals surface area contributed by atoms with E-state index in [9.17, 15) is 26.9 Å². The molecule has 4 aromatic rings. The van der Waals surface area contributed by atoms with Gasteiger partial charge in [-0.15, -0.1) is 0 Å². The number of fused-ring (bicyclic) bond motifs is 1. The van der Waals surface area contributed by atoms with E-state index in [0.29, 0.717) is 12.1 Å². The summed E-state index contributed by atoms with van der Waals surface area (Å²) in [5.74, 6) is 0. The molecule has 41 heavy (non-hydrogen) atoms. The van der Waals surface area contributed by atoms with E-state index < -0.39 is 27.8 Å². The lowest BCUT2D eigenvalue weighted by Crippen LogP contribution is -2.51. The van der Waals surface area contributed by atoms with Gasteiger partial charge in [-0.3, -0.25) is 0 Å². The van der Waals surface area contributed by atoms with Crippen molar-refractivity contribution in [3.63, 3.8) is 0 Å². The van der Waals surface area contributed by atoms with E-state index in [2.05, 4.69) is 16.0 Å². The van der Waals surface area contributed by atoms with Gasteiger partial charge in [-0.05, 0) is 60.4 Å². The zero-order valence-corrected chi connectivity index (χ0v) is 23.0. The van der Waals surface area contributed by atoms with Crippen LogP contribution < -0.4 is 4.90 Å². The van der Waals surface area contributed by atoms with Crippen molar-refractivity contribution in [2.75, 3.05) is 18.0 Å². The summed E-state index contributed by atoms with van der Waals surface area (Å²) in [6.45, 7) is 0.501. The molecule has 0 spiro atoms. The second kappa shape index (κ2) is 11.3. The highest BCUT2D eigenvalue weighted by Crippen LogP contribution is 2.35. The lowest BCUT2D eigenvalue weighted by atomic mass is 9.95. The Balaban J connectivity index is 1.55. The van der Waals surface area contributed by atoms with Crippen LogP contribution in [0.5, 0.6) is 0 Å². The van der Waals surface area contributed by atoms with Crippen LogP contribution in [0.15, 0.2) is 84.4 Å². The Bertz CT molecular complexity index is 1680. The van der Waals surface area contributed by atoms with Crippen LogP contribution in [0.4, 0.5) is 18.9 Å². The molecule has 1 unspecified atom stereocenters. The van der Waals surface area contributed by atoms with Gasteiger partial charge in [0.25, 0.3) is 10.0 Å². The number of hydrogen-bond acceptors (Lipinski definition) is 6. The standard InChI is InChI=1S/C29H27F3N6O2S/c1-36-20-34-17-25(36)19-37-18-24(15-23-14-21(16-33)9-10-27(23)37)38(41(39,40)28-8-4-5-12-35-28)13-11-22-6-2-3-7-26(22)29(30,31)32/h2-10,12,14,17,20,24H,11,13,15,18-19H2,1H3. The molecular formula is C29H27F3N6O2S. The smallest absolute Gasteiger partial charge is 0.364 e. The van der Waals surface area contributed by atoms with Crippen molar-refractivity contribution in [3.05, 3.63) is 107 Å². The summed E-state index contributed by atoms with van der Waals surface area (Å²) in [6.07, 6.45) is 0.327. The topological polar surface area (TPSA) is 95.1 Å². The molecule has 0 bridgehead atoms. The van der Waals surface area contributed by atoms with Crippen molar-refractivity contribution < 1.29 is 21.6 Å². The van der Waals surface area contributed by atoms with Gasteiger partial charge in [0.15, 0.2) is 5.03 Å². The van der Waals surface area contributed by atoms with Crippen LogP contribution >= 0.6 is 0 Å². The molecule has 212 valence electrons. The fraction of sp³-hybridized carbons (Fsp3) is 0.276. The first-order chi connectivity index (χ1) is 19.6. The third kappa shape index (κ3) is 5.96. The van der Waals surface area contributed by atoms with Gasteiger partial charge >= 0.3 is 6.18 Å². The molecule has 0 aliphatic carbocycles. The molecule has 2 aromatic carbocycles. The monoisotopic (exact) mass is 580 g/mol. The van der Waals surface area contributed by atoms with Crippen LogP contribution in [0.2, 0.25) is 0 Å². The number of nitriles is 1. The van der Waals surface area contributed by atoms with E-state index in [-0.39, 0.29) is 36.5 Å². The van der Waals surface area contributed by atoms with E-state index in [1.807, 2.05) is 22.6 Å². The number of alkyl halides is 3. The van der Waals surface area contributed by atoms with Crippen molar-refractivity contribution in [3.8, 4) is 6.07 Å². The Morgan fingerprint density at radius 2 is 1.90 bits per heavy atom. The minimum atomic E-state index is -4.57. The Labute approximate surface area is 236 Å². The van der Waals surface area contributed by atoms with E-state index in [1.165, 1.54) is 34.8 Å². The summed E-state index contributed by atoms with van der Waals surface area (Å²) >= 11 is 0. The first kappa shape index (κ1) is 28.3. The number of aromatic nitrogens is 3. The highest BCUT2D eigenvalue weighted by Gasteiger charge is 2.38. The van der Waals surface area contributed by atoms with Gasteiger partial charge < -0.3 is 9.47 Å². The van der Waals surface area contributed by atoms with Gasteiger partial charge in [0.05, 0.1) is 35.8 Å². The van der Waals surface area contributed by atoms with E-state index in [1.54, 1.807) is 36.8 Å². The molecule has 8 nitrogen and oxygen atoms in total. The minimum absolute atomic E-state index is 0.0101. The fourth-order valence-electron chi connectivity index (χ4n) is 5.24. The number of benzene rings is 2. The molecule has 1 atom stereocenters. The average molecular weight is 581 g/mol. The van der Waals surface area contributed by atoms with Gasteiger partial charge in [-0.2, -0.15) is 22.7 Å². The van der Waals surface area contributed by atoms with E-state index in [4.69, 9.17) is 0 Å². The Morgan fingerprint density at radius 3 is 2.59 bits per heavy atom. The number of nitrogens with zero attached hydrogens (tertiary/aromatic N) is 6. The summed E-state index contributed by atoms with van der Waals surface area (Å²) in [7, 11) is -2.34. The fourth-order valence-corrected chi connectivity index (χ4v) is 6.79. The lowest BCUT2D eigenvalue weighted by molar-refractivity contribution is -0.138. The first-order valence-electron chi connectivity index (χ1n) is 12.9. The number of sulfonamides is 1. The Morgan fingerprint density at radius 1 is 1.12 bits per heavy atom. The molecular weight excluding hydrogens is 553 g/mol. The van der Waals surface area contributed by atoms with Gasteiger partial charge in [-0.25, -0.2) is 18.4 Å². The van der Waals surface area contributed by atoms with Gasteiger partial charge in [0, 0.05) is 44.3 Å². The highest BCUT2D eigenvalue weighted by molar-refractivity contribution is 7.89. The average Bonchev–Trinajstić information content (AvgIpc) is 3.36. The molecule has 0 radical (unpaired) electrons. The summed E-state index contributed by atoms with van der Waals surface area (Å²) < 4.78 is 72.4. The number of anilines is 1. The van der Waals surface area contributed by atoms with Gasteiger partial charge in [-0.1, -0.05) is 24.3 Å². The van der Waals surface area contributed by atoms with E-state index in [0.717, 1.165) is 23.0 Å². The molecule has 3 heterocycles. The summed E-state index contributed by atoms with van der Waals surface area (Å²) in [5.41, 5.74) is 2.18. The van der Waals surface area contributed by atoms with Crippen molar-refractivity contribution in [2.45, 2.75) is 36.6 Å². The molecule has 0 N–H and O–H groups in total. The third-order valence-electron chi connectivity index (χ3n) is 7.25. The third-order valence-corrected chi connectivity index (χ3v) is 9.12. The maximum Gasteiger partial charge on any atom is 0.416 e. The summed E-state index contributed by atoms with van der Waals surface area (Å²) in [6, 6.07) is 16.5. The minimum Gasteiger partial charge on any atom is -0.364 e. The molecule has 0 saturated heterocycles. The molecule has 12 heteroatoms. The van der Waals surface area contributed by atoms with Crippen LogP contribution in [0, 0.1) is 11.3 Å². The lowest BCUT2D eigenvalue weighted by Gasteiger charge is -2.40. The summed E-state index contributed by atoms with van der Waals surface area (Å²) in [4.78, 5) is 10.3. The molecule has 0 amide bonds. The van der Waals surface area contributed by atoms with Crippen molar-refractivity contribution in [1.82, 2.24) is 18.8 Å². The Kier molecular flexibility index (Phi) is 7.84. The SMILES string of the molecule is Cn1cncc1CN1CC(N(CCc2ccccc2C(F)(F)F)S(=O)(=O)c2ccccn2)Cc2cc(C#N)ccc21. The number of halogens is 3. The predicted molar refractivity (Wildman–Crippen MR) is 146 cm³/mol. The zero-order valence-electron chi connectivity index (χ0n) is 22.2. The second-order valence-electron chi connectivity index (χ2n) is 9.88. The van der Waals surface area contributed by atoms with Crippen LogP contribution in [-0.2, 0) is 42.6 Å². The number of hydrogen-bond donors (Lipinski definition) is 0. The molecule has 1 aliphatic rings. The maximum absolute atomic E-state index is 14.0. The largest absolute Gasteiger partial charge is 0.416 e. The normalized spacial score (nSPS) is 15.5. The molecule has 5 rings (SSSR count). The number of rotatable bonds is 8. The van der Waals surface area contributed by atoms with Crippen molar-refractivity contribution >= 4 is 15.7 Å². The summed E-state index contributed by atoms with van der Waals surface area (Å²) in [5, 5.41) is 9.34. The van der Waals surface area contributed by atoms with Crippen LogP contribution in [-0.4, -0.2) is 46.4 Å². The van der Waals surface area contributed by atoms with Crippen LogP contribution in [0.25, 0.3) is 0 Å².